The fourth-order valence-electron chi connectivity index (χ4n) is 0.980. The molecule has 0 aromatic carbocycles. The van der Waals surface area contributed by atoms with Gasteiger partial charge < -0.3 is 0 Å². The van der Waals surface area contributed by atoms with Crippen LogP contribution < -0.4 is 0 Å². The molecule has 0 heterocycles. The second kappa shape index (κ2) is 3.76. The molecule has 0 aliphatic heterocycles. The first-order chi connectivity index (χ1) is 4.83. The Labute approximate surface area is 72.7 Å². The summed E-state index contributed by atoms with van der Waals surface area (Å²) in [7, 11) is 11.8. The molecule has 0 atom stereocenters. The zero-order valence-electron chi connectivity index (χ0n) is 8.75. The molecule has 0 aromatic heterocycles. The van der Waals surface area contributed by atoms with Crippen molar-refractivity contribution < 1.29 is 0 Å². The standard InChI is InChI=1S/C7H21N3S/c1-8(2)11(7,9(3)4)10(5)6/h1-7H3. The van der Waals surface area contributed by atoms with Crippen LogP contribution in [0.3, 0.4) is 0 Å². The van der Waals surface area contributed by atoms with Crippen LogP contribution in [-0.2, 0) is 0 Å². The zero-order chi connectivity index (χ0) is 9.23. The highest BCUT2D eigenvalue weighted by atomic mass is 32.3. The van der Waals surface area contributed by atoms with Gasteiger partial charge in [0, 0.05) is 6.26 Å². The molecule has 11 heavy (non-hydrogen) atoms. The lowest BCUT2D eigenvalue weighted by atomic mass is 11.2. The molecule has 0 aromatic rings. The molecule has 0 radical (unpaired) electrons. The van der Waals surface area contributed by atoms with Crippen molar-refractivity contribution in [3.8, 4) is 0 Å². The van der Waals surface area contributed by atoms with Gasteiger partial charge in [-0.15, -0.1) is 0 Å². The van der Waals surface area contributed by atoms with Crippen LogP contribution in [-0.4, -0.2) is 61.5 Å². The Kier molecular flexibility index (Phi) is 3.84. The third-order valence-electron chi connectivity index (χ3n) is 2.08. The Balaban J connectivity index is 4.53. The number of hydrogen-bond donors (Lipinski definition) is 0. The van der Waals surface area contributed by atoms with E-state index in [9.17, 15) is 0 Å². The second-order valence-electron chi connectivity index (χ2n) is 3.23. The third kappa shape index (κ3) is 2.08. The smallest absolute Gasteiger partial charge is 0.00331 e. The fourth-order valence-corrected chi connectivity index (χ4v) is 2.94. The summed E-state index contributed by atoms with van der Waals surface area (Å²) in [6.07, 6.45) is 2.27. The molecule has 0 saturated carbocycles. The van der Waals surface area contributed by atoms with Crippen molar-refractivity contribution in [3.63, 3.8) is 0 Å². The molecule has 0 rings (SSSR count). The average molecular weight is 179 g/mol. The summed E-state index contributed by atoms with van der Waals surface area (Å²) in [4.78, 5) is 0. The largest absolute Gasteiger partial charge is 0.251 e. The molecule has 0 aliphatic carbocycles. The van der Waals surface area contributed by atoms with Crippen LogP contribution in [0, 0.1) is 0 Å². The van der Waals surface area contributed by atoms with E-state index in [0.29, 0.717) is 0 Å². The molecule has 0 fully saturated rings. The van der Waals surface area contributed by atoms with E-state index < -0.39 is 10.6 Å². The number of rotatable bonds is 3. The Morgan fingerprint density at radius 2 is 0.818 bits per heavy atom. The van der Waals surface area contributed by atoms with E-state index in [0.717, 1.165) is 0 Å². The molecule has 0 unspecified atom stereocenters. The molecule has 0 spiro atoms. The summed E-state index contributed by atoms with van der Waals surface area (Å²) < 4.78 is 6.81. The molecule has 4 heteroatoms. The molecule has 0 aliphatic rings. The Morgan fingerprint density at radius 3 is 0.818 bits per heavy atom. The van der Waals surface area contributed by atoms with Gasteiger partial charge in [0.1, 0.15) is 0 Å². The van der Waals surface area contributed by atoms with Crippen LogP contribution in [0.25, 0.3) is 0 Å². The van der Waals surface area contributed by atoms with E-state index in [1.54, 1.807) is 0 Å². The van der Waals surface area contributed by atoms with Gasteiger partial charge >= 0.3 is 0 Å². The molecule has 70 valence electrons. The molecule has 0 amide bonds. The highest BCUT2D eigenvalue weighted by Gasteiger charge is 2.25. The van der Waals surface area contributed by atoms with Gasteiger partial charge in [-0.2, -0.15) is 0 Å². The van der Waals surface area contributed by atoms with E-state index in [1.165, 1.54) is 0 Å². The minimum Gasteiger partial charge on any atom is -0.251 e. The minimum atomic E-state index is -0.889. The van der Waals surface area contributed by atoms with Crippen LogP contribution in [0.5, 0.6) is 0 Å². The van der Waals surface area contributed by atoms with Crippen LogP contribution >= 0.6 is 10.6 Å². The van der Waals surface area contributed by atoms with E-state index in [-0.39, 0.29) is 0 Å². The molecule has 0 N–H and O–H groups in total. The summed E-state index contributed by atoms with van der Waals surface area (Å²) in [5.74, 6) is 0. The highest BCUT2D eigenvalue weighted by Crippen LogP contribution is 2.49. The average Bonchev–Trinajstić information content (AvgIpc) is 1.84. The van der Waals surface area contributed by atoms with Gasteiger partial charge in [-0.25, -0.2) is 0 Å². The molecular formula is C7H21N3S. The second-order valence-corrected chi connectivity index (χ2v) is 7.01. The Bertz CT molecular complexity index is 101. The van der Waals surface area contributed by atoms with Crippen LogP contribution in [0.1, 0.15) is 0 Å². The first kappa shape index (κ1) is 11.2. The quantitative estimate of drug-likeness (QED) is 0.636. The van der Waals surface area contributed by atoms with E-state index in [1.807, 2.05) is 0 Å². The van der Waals surface area contributed by atoms with Crippen molar-refractivity contribution in [2.75, 3.05) is 48.5 Å². The number of nitrogens with zero attached hydrogens (tertiary/aromatic N) is 3. The van der Waals surface area contributed by atoms with Crippen molar-refractivity contribution >= 4 is 10.6 Å². The first-order valence-electron chi connectivity index (χ1n) is 3.64. The highest BCUT2D eigenvalue weighted by molar-refractivity contribution is 8.27. The van der Waals surface area contributed by atoms with Crippen LogP contribution in [0.15, 0.2) is 0 Å². The van der Waals surface area contributed by atoms with Gasteiger partial charge in [-0.3, -0.25) is 12.9 Å². The van der Waals surface area contributed by atoms with Crippen molar-refractivity contribution in [1.29, 1.82) is 0 Å². The van der Waals surface area contributed by atoms with Gasteiger partial charge in [0.2, 0.25) is 0 Å². The molecule has 0 saturated heterocycles. The lowest BCUT2D eigenvalue weighted by Gasteiger charge is -2.51. The van der Waals surface area contributed by atoms with Crippen molar-refractivity contribution in [3.05, 3.63) is 0 Å². The maximum atomic E-state index is 2.27. The summed E-state index contributed by atoms with van der Waals surface area (Å²) in [6, 6.07) is 0. The van der Waals surface area contributed by atoms with E-state index >= 15 is 0 Å². The molecule has 0 bridgehead atoms. The van der Waals surface area contributed by atoms with E-state index in [4.69, 9.17) is 0 Å². The Hall–Kier alpha value is 0.230. The van der Waals surface area contributed by atoms with Crippen molar-refractivity contribution in [1.82, 2.24) is 12.9 Å². The predicted molar refractivity (Wildman–Crippen MR) is 54.6 cm³/mol. The summed E-state index contributed by atoms with van der Waals surface area (Å²) in [5, 5.41) is 0. The summed E-state index contributed by atoms with van der Waals surface area (Å²) in [6.45, 7) is 0. The minimum absolute atomic E-state index is 0.889. The van der Waals surface area contributed by atoms with Gasteiger partial charge in [-0.05, 0) is 42.3 Å². The van der Waals surface area contributed by atoms with Gasteiger partial charge in [0.15, 0.2) is 0 Å². The maximum Gasteiger partial charge on any atom is 0.00331 e. The van der Waals surface area contributed by atoms with Crippen LogP contribution in [0.2, 0.25) is 0 Å². The SMILES string of the molecule is CN(C)S(C)(N(C)C)N(C)C. The van der Waals surface area contributed by atoms with Crippen molar-refractivity contribution in [2.24, 2.45) is 0 Å². The summed E-state index contributed by atoms with van der Waals surface area (Å²) >= 11 is 0. The summed E-state index contributed by atoms with van der Waals surface area (Å²) in [5.41, 5.74) is 0. The molecule has 3 nitrogen and oxygen atoms in total. The normalized spacial score (nSPS) is 15.1. The monoisotopic (exact) mass is 179 g/mol. The maximum absolute atomic E-state index is 2.27. The van der Waals surface area contributed by atoms with Crippen LogP contribution in [0.4, 0.5) is 0 Å². The van der Waals surface area contributed by atoms with Gasteiger partial charge in [0.05, 0.1) is 0 Å². The van der Waals surface area contributed by atoms with Crippen molar-refractivity contribution in [2.45, 2.75) is 0 Å². The topological polar surface area (TPSA) is 9.72 Å². The Morgan fingerprint density at radius 1 is 0.636 bits per heavy atom. The first-order valence-corrected chi connectivity index (χ1v) is 5.55. The van der Waals surface area contributed by atoms with E-state index in [2.05, 4.69) is 61.5 Å². The lowest BCUT2D eigenvalue weighted by molar-refractivity contribution is 0.501. The lowest BCUT2D eigenvalue weighted by Crippen LogP contribution is -2.39. The predicted octanol–water partition coefficient (Wildman–Crippen LogP) is 0.851. The van der Waals surface area contributed by atoms with Gasteiger partial charge in [-0.1, -0.05) is 10.6 Å². The number of hydrogen-bond acceptors (Lipinski definition) is 3. The third-order valence-corrected chi connectivity index (χ3v) is 6.23. The fraction of sp³-hybridized carbons (Fsp3) is 1.00. The van der Waals surface area contributed by atoms with Gasteiger partial charge in [0.25, 0.3) is 0 Å². The molecular weight excluding hydrogens is 158 g/mol. The zero-order valence-corrected chi connectivity index (χ0v) is 9.57.